The van der Waals surface area contributed by atoms with Gasteiger partial charge in [-0.2, -0.15) is 0 Å². The molecular formula is C14H20ClNO2. The predicted octanol–water partition coefficient (Wildman–Crippen LogP) is 3.18. The lowest BCUT2D eigenvalue weighted by Crippen LogP contribution is -2.29. The zero-order valence-electron chi connectivity index (χ0n) is 11.1. The third-order valence-corrected chi connectivity index (χ3v) is 3.78. The number of hydrogen-bond donors (Lipinski definition) is 1. The first-order chi connectivity index (χ1) is 8.65. The minimum atomic E-state index is 0.179. The van der Waals surface area contributed by atoms with Crippen LogP contribution in [0.15, 0.2) is 18.2 Å². The van der Waals surface area contributed by atoms with Gasteiger partial charge in [0.2, 0.25) is 0 Å². The largest absolute Gasteiger partial charge is 0.495 e. The monoisotopic (exact) mass is 269 g/mol. The molecule has 0 aromatic heterocycles. The maximum absolute atomic E-state index is 6.17. The van der Waals surface area contributed by atoms with Crippen molar-refractivity contribution in [2.45, 2.75) is 38.0 Å². The molecule has 18 heavy (non-hydrogen) atoms. The highest BCUT2D eigenvalue weighted by molar-refractivity contribution is 6.32. The van der Waals surface area contributed by atoms with Crippen LogP contribution in [-0.2, 0) is 4.74 Å². The van der Waals surface area contributed by atoms with Crippen LogP contribution in [0, 0.1) is 0 Å². The summed E-state index contributed by atoms with van der Waals surface area (Å²) in [5, 5.41) is 3.96. The molecule has 3 unspecified atom stereocenters. The van der Waals surface area contributed by atoms with Crippen molar-refractivity contribution < 1.29 is 9.47 Å². The average molecular weight is 270 g/mol. The van der Waals surface area contributed by atoms with E-state index in [9.17, 15) is 0 Å². The number of methoxy groups -OCH3 is 1. The summed E-state index contributed by atoms with van der Waals surface area (Å²) in [5.41, 5.74) is 1.14. The van der Waals surface area contributed by atoms with Crippen LogP contribution in [0.1, 0.15) is 31.4 Å². The van der Waals surface area contributed by atoms with Crippen LogP contribution in [0.3, 0.4) is 0 Å². The molecule has 0 spiro atoms. The van der Waals surface area contributed by atoms with E-state index in [1.807, 2.05) is 25.2 Å². The average Bonchev–Trinajstić information content (AvgIpc) is 2.77. The number of ether oxygens (including phenoxy) is 2. The Labute approximate surface area is 113 Å². The second kappa shape index (κ2) is 5.91. The van der Waals surface area contributed by atoms with Crippen molar-refractivity contribution in [3.63, 3.8) is 0 Å². The lowest BCUT2D eigenvalue weighted by Gasteiger charge is -2.24. The fourth-order valence-electron chi connectivity index (χ4n) is 2.52. The minimum Gasteiger partial charge on any atom is -0.495 e. The summed E-state index contributed by atoms with van der Waals surface area (Å²) >= 11 is 6.17. The summed E-state index contributed by atoms with van der Waals surface area (Å²) in [4.78, 5) is 0. The number of nitrogens with one attached hydrogen (secondary N) is 1. The molecule has 3 nitrogen and oxygen atoms in total. The third-order valence-electron chi connectivity index (χ3n) is 3.48. The quantitative estimate of drug-likeness (QED) is 0.911. The van der Waals surface area contributed by atoms with Crippen molar-refractivity contribution >= 4 is 11.6 Å². The lowest BCUT2D eigenvalue weighted by molar-refractivity contribution is 0.0333. The van der Waals surface area contributed by atoms with Crippen LogP contribution in [0.4, 0.5) is 0 Å². The molecule has 0 saturated carbocycles. The number of likely N-dealkylation sites (N-methyl/N-ethyl adjacent to an activating group) is 1. The van der Waals surface area contributed by atoms with E-state index in [-0.39, 0.29) is 12.1 Å². The number of hydrogen-bond acceptors (Lipinski definition) is 3. The van der Waals surface area contributed by atoms with E-state index in [0.717, 1.165) is 18.4 Å². The fourth-order valence-corrected chi connectivity index (χ4v) is 2.79. The van der Waals surface area contributed by atoms with Gasteiger partial charge in [-0.1, -0.05) is 17.7 Å². The van der Waals surface area contributed by atoms with E-state index in [0.29, 0.717) is 16.9 Å². The molecule has 1 aliphatic heterocycles. The van der Waals surface area contributed by atoms with Gasteiger partial charge in [0.15, 0.2) is 0 Å². The fraction of sp³-hybridized carbons (Fsp3) is 0.571. The summed E-state index contributed by atoms with van der Waals surface area (Å²) < 4.78 is 11.1. The van der Waals surface area contributed by atoms with Crippen molar-refractivity contribution in [3.8, 4) is 5.75 Å². The maximum atomic E-state index is 6.17. The molecule has 3 atom stereocenters. The highest BCUT2D eigenvalue weighted by atomic mass is 35.5. The summed E-state index contributed by atoms with van der Waals surface area (Å²) in [7, 11) is 3.58. The molecule has 0 aliphatic carbocycles. The molecule has 1 N–H and O–H groups in total. The first-order valence-electron chi connectivity index (χ1n) is 6.32. The molecule has 2 rings (SSSR count). The number of halogens is 1. The van der Waals surface area contributed by atoms with E-state index < -0.39 is 0 Å². The van der Waals surface area contributed by atoms with E-state index in [1.165, 1.54) is 0 Å². The number of rotatable bonds is 4. The molecular weight excluding hydrogens is 250 g/mol. The number of benzene rings is 1. The molecule has 100 valence electrons. The molecule has 0 radical (unpaired) electrons. The van der Waals surface area contributed by atoms with Crippen LogP contribution < -0.4 is 10.1 Å². The zero-order valence-corrected chi connectivity index (χ0v) is 11.8. The molecule has 0 amide bonds. The first kappa shape index (κ1) is 13.7. The second-order valence-corrected chi connectivity index (χ2v) is 5.13. The van der Waals surface area contributed by atoms with E-state index in [4.69, 9.17) is 21.1 Å². The Kier molecular flexibility index (Phi) is 4.49. The van der Waals surface area contributed by atoms with Gasteiger partial charge in [0.1, 0.15) is 5.75 Å². The summed E-state index contributed by atoms with van der Waals surface area (Å²) in [5.74, 6) is 0.705. The second-order valence-electron chi connectivity index (χ2n) is 4.72. The van der Waals surface area contributed by atoms with Crippen molar-refractivity contribution in [2.75, 3.05) is 14.2 Å². The normalized spacial score (nSPS) is 25.1. The van der Waals surface area contributed by atoms with Gasteiger partial charge in [0.05, 0.1) is 30.4 Å². The van der Waals surface area contributed by atoms with Gasteiger partial charge < -0.3 is 14.8 Å². The Balaban J connectivity index is 2.19. The molecule has 4 heteroatoms. The zero-order chi connectivity index (χ0) is 13.1. The molecule has 1 aromatic carbocycles. The summed E-state index contributed by atoms with van der Waals surface area (Å²) in [6, 6.07) is 6.07. The molecule has 1 fully saturated rings. The Morgan fingerprint density at radius 3 is 2.72 bits per heavy atom. The lowest BCUT2D eigenvalue weighted by atomic mass is 9.99. The van der Waals surface area contributed by atoms with E-state index >= 15 is 0 Å². The Hall–Kier alpha value is -0.770. The smallest absolute Gasteiger partial charge is 0.137 e. The molecule has 0 bridgehead atoms. The molecule has 1 saturated heterocycles. The highest BCUT2D eigenvalue weighted by Gasteiger charge is 2.29. The van der Waals surface area contributed by atoms with Crippen molar-refractivity contribution in [1.82, 2.24) is 5.32 Å². The SMILES string of the molecule is CNC(c1ccc(OC)c(Cl)c1)C1CCC(C)O1. The Bertz CT molecular complexity index is 411. The Morgan fingerprint density at radius 2 is 2.22 bits per heavy atom. The van der Waals surface area contributed by atoms with Crippen LogP contribution >= 0.6 is 11.6 Å². The highest BCUT2D eigenvalue weighted by Crippen LogP contribution is 2.33. The topological polar surface area (TPSA) is 30.5 Å². The predicted molar refractivity (Wildman–Crippen MR) is 73.4 cm³/mol. The summed E-state index contributed by atoms with van der Waals surface area (Å²) in [6.45, 7) is 2.12. The minimum absolute atomic E-state index is 0.179. The van der Waals surface area contributed by atoms with Gasteiger partial charge in [0.25, 0.3) is 0 Å². The van der Waals surface area contributed by atoms with Crippen LogP contribution in [0.25, 0.3) is 0 Å². The van der Waals surface area contributed by atoms with Gasteiger partial charge in [-0.05, 0) is 44.5 Å². The van der Waals surface area contributed by atoms with Crippen molar-refractivity contribution in [3.05, 3.63) is 28.8 Å². The van der Waals surface area contributed by atoms with Crippen LogP contribution in [0.2, 0.25) is 5.02 Å². The summed E-state index contributed by atoms with van der Waals surface area (Å²) in [6.07, 6.45) is 2.76. The third kappa shape index (κ3) is 2.79. The first-order valence-corrected chi connectivity index (χ1v) is 6.69. The molecule has 1 aromatic rings. The van der Waals surface area contributed by atoms with Gasteiger partial charge in [-0.15, -0.1) is 0 Å². The van der Waals surface area contributed by atoms with Gasteiger partial charge >= 0.3 is 0 Å². The van der Waals surface area contributed by atoms with Gasteiger partial charge in [0, 0.05) is 0 Å². The van der Waals surface area contributed by atoms with Crippen molar-refractivity contribution in [1.29, 1.82) is 0 Å². The van der Waals surface area contributed by atoms with Crippen LogP contribution in [-0.4, -0.2) is 26.4 Å². The molecule has 1 aliphatic rings. The van der Waals surface area contributed by atoms with Gasteiger partial charge in [-0.3, -0.25) is 0 Å². The Morgan fingerprint density at radius 1 is 1.44 bits per heavy atom. The van der Waals surface area contributed by atoms with Crippen LogP contribution in [0.5, 0.6) is 5.75 Å². The van der Waals surface area contributed by atoms with E-state index in [2.05, 4.69) is 12.2 Å². The van der Waals surface area contributed by atoms with Gasteiger partial charge in [-0.25, -0.2) is 0 Å². The maximum Gasteiger partial charge on any atom is 0.137 e. The van der Waals surface area contributed by atoms with E-state index in [1.54, 1.807) is 7.11 Å². The molecule has 1 heterocycles. The van der Waals surface area contributed by atoms with Crippen molar-refractivity contribution in [2.24, 2.45) is 0 Å². The standard InChI is InChI=1S/C14H20ClNO2/c1-9-4-6-13(18-9)14(16-2)10-5-7-12(17-3)11(15)8-10/h5,7-9,13-14,16H,4,6H2,1-3H3.